The van der Waals surface area contributed by atoms with E-state index < -0.39 is 11.9 Å². The highest BCUT2D eigenvalue weighted by molar-refractivity contribution is 5.97. The zero-order valence-electron chi connectivity index (χ0n) is 27.1. The van der Waals surface area contributed by atoms with Crippen LogP contribution in [0.1, 0.15) is 64.2 Å². The van der Waals surface area contributed by atoms with Crippen LogP contribution in [0, 0.1) is 17.2 Å². The molecule has 3 heterocycles. The Bertz CT molecular complexity index is 1230. The number of anilines is 1. The number of aromatic nitrogens is 3. The molecule has 0 radical (unpaired) electrons. The van der Waals surface area contributed by atoms with Crippen molar-refractivity contribution in [3.05, 3.63) is 35.9 Å². The van der Waals surface area contributed by atoms with Crippen molar-refractivity contribution in [2.24, 2.45) is 11.3 Å². The number of aliphatic hydroxyl groups is 1. The predicted molar refractivity (Wildman–Crippen MR) is 168 cm³/mol. The molecule has 2 atom stereocenters. The summed E-state index contributed by atoms with van der Waals surface area (Å²) in [4.78, 5) is 24.3. The van der Waals surface area contributed by atoms with E-state index in [4.69, 9.17) is 9.47 Å². The molecule has 2 aromatic rings. The van der Waals surface area contributed by atoms with Crippen molar-refractivity contribution in [3.8, 4) is 11.6 Å². The molecule has 4 rings (SSSR count). The highest BCUT2D eigenvalue weighted by atomic mass is 19.1. The lowest BCUT2D eigenvalue weighted by atomic mass is 9.76. The summed E-state index contributed by atoms with van der Waals surface area (Å²) in [5, 5.41) is 21.4. The Morgan fingerprint density at radius 3 is 2.68 bits per heavy atom. The van der Waals surface area contributed by atoms with E-state index >= 15 is 0 Å². The van der Waals surface area contributed by atoms with E-state index in [-0.39, 0.29) is 34.6 Å². The minimum Gasteiger partial charge on any atom is -0.434 e. The van der Waals surface area contributed by atoms with Crippen molar-refractivity contribution in [1.82, 2.24) is 30.3 Å². The molecule has 44 heavy (non-hydrogen) atoms. The lowest BCUT2D eigenvalue weighted by molar-refractivity contribution is -0.0339. The van der Waals surface area contributed by atoms with Gasteiger partial charge in [0.05, 0.1) is 18.3 Å². The van der Waals surface area contributed by atoms with Gasteiger partial charge in [-0.2, -0.15) is 0 Å². The van der Waals surface area contributed by atoms with E-state index in [2.05, 4.69) is 44.1 Å². The molecular weight excluding hydrogens is 565 g/mol. The quantitative estimate of drug-likeness (QED) is 0.272. The number of halogens is 1. The summed E-state index contributed by atoms with van der Waals surface area (Å²) in [6.07, 6.45) is 4.12. The second kappa shape index (κ2) is 15.4. The molecule has 2 saturated heterocycles. The Hall–Kier alpha value is -2.93. The average Bonchev–Trinajstić information content (AvgIpc) is 3.41. The van der Waals surface area contributed by atoms with Crippen LogP contribution in [0.15, 0.2) is 24.5 Å². The number of amides is 1. The Morgan fingerprint density at radius 1 is 1.23 bits per heavy atom. The maximum atomic E-state index is 14.3. The smallest absolute Gasteiger partial charge is 0.282 e. The first-order chi connectivity index (χ1) is 21.1. The van der Waals surface area contributed by atoms with Gasteiger partial charge in [-0.25, -0.2) is 9.37 Å². The maximum absolute atomic E-state index is 14.3. The fourth-order valence-electron chi connectivity index (χ4n) is 6.62. The molecular formula is C32H50FN7O4. The number of hydrogen-bond donors (Lipinski definition) is 2. The number of hydrogen-bond acceptors (Lipinski definition) is 10. The van der Waals surface area contributed by atoms with Gasteiger partial charge in [-0.3, -0.25) is 9.69 Å². The van der Waals surface area contributed by atoms with Gasteiger partial charge in [-0.15, -0.1) is 10.2 Å². The monoisotopic (exact) mass is 615 g/mol. The molecule has 2 N–H and O–H groups in total. The molecule has 0 saturated carbocycles. The molecule has 0 bridgehead atoms. The van der Waals surface area contributed by atoms with Crippen LogP contribution in [0.5, 0.6) is 11.6 Å². The number of aliphatic hydroxyl groups excluding tert-OH is 1. The molecule has 11 nitrogen and oxygen atoms in total. The summed E-state index contributed by atoms with van der Waals surface area (Å²) in [5.41, 5.74) is 0.319. The molecule has 1 aromatic carbocycles. The van der Waals surface area contributed by atoms with Crippen molar-refractivity contribution in [2.45, 2.75) is 72.1 Å². The van der Waals surface area contributed by atoms with Crippen molar-refractivity contribution in [3.63, 3.8) is 0 Å². The Balaban J connectivity index is 1.38. The normalized spacial score (nSPS) is 17.7. The number of likely N-dealkylation sites (tertiary alicyclic amines) is 1. The first-order valence-electron chi connectivity index (χ1n) is 15.9. The second-order valence-electron chi connectivity index (χ2n) is 12.9. The number of methoxy groups -OCH3 is 1. The van der Waals surface area contributed by atoms with Crippen LogP contribution in [-0.4, -0.2) is 114 Å². The van der Waals surface area contributed by atoms with Crippen molar-refractivity contribution in [2.75, 3.05) is 64.4 Å². The average molecular weight is 616 g/mol. The number of benzene rings is 1. The molecule has 1 spiro atoms. The van der Waals surface area contributed by atoms with E-state index in [0.717, 1.165) is 52.0 Å². The third-order valence-corrected chi connectivity index (χ3v) is 8.82. The summed E-state index contributed by atoms with van der Waals surface area (Å²) in [6, 6.07) is 4.41. The van der Waals surface area contributed by atoms with Crippen LogP contribution in [-0.2, 0) is 4.74 Å². The topological polar surface area (TPSA) is 116 Å². The summed E-state index contributed by atoms with van der Waals surface area (Å²) >= 11 is 0. The van der Waals surface area contributed by atoms with Crippen LogP contribution in [0.3, 0.4) is 0 Å². The molecule has 1 amide bonds. The summed E-state index contributed by atoms with van der Waals surface area (Å²) in [7, 11) is 1.60. The standard InChI is InChI=1S/C32H50FN7O4/c1-7-40(23(4)5)31(42)26-15-24(33)10-11-28(26)44-30-29(35-21-36-37-30)38-14-12-32(18-38)19-39(20-32)27(22(2)3)9-8-13-34-16-25(41)17-43-6/h10-11,15,21-23,25,27,34,41H,7-9,12-14,16-20H2,1-6H3/t25-,27-/m1/s1. The number of nitrogens with zero attached hydrogens (tertiary/aromatic N) is 6. The summed E-state index contributed by atoms with van der Waals surface area (Å²) in [6.45, 7) is 16.3. The van der Waals surface area contributed by atoms with Gasteiger partial charge in [0.15, 0.2) is 5.82 Å². The molecule has 2 aliphatic rings. The van der Waals surface area contributed by atoms with Gasteiger partial charge in [-0.05, 0) is 70.7 Å². The molecule has 0 unspecified atom stereocenters. The van der Waals surface area contributed by atoms with E-state index in [1.54, 1.807) is 12.0 Å². The van der Waals surface area contributed by atoms with E-state index in [1.165, 1.54) is 24.5 Å². The van der Waals surface area contributed by atoms with Crippen LogP contribution >= 0.6 is 0 Å². The minimum atomic E-state index is -0.508. The van der Waals surface area contributed by atoms with E-state index in [0.29, 0.717) is 37.5 Å². The van der Waals surface area contributed by atoms with Crippen LogP contribution in [0.4, 0.5) is 10.2 Å². The SMILES string of the molecule is CCN(C(=O)c1cc(F)ccc1Oc1nncnc1N1CCC2(C1)CN([C@H](CCCNC[C@@H](O)COC)C(C)C)C2)C(C)C. The molecule has 2 aliphatic heterocycles. The largest absolute Gasteiger partial charge is 0.434 e. The summed E-state index contributed by atoms with van der Waals surface area (Å²) in [5.74, 6) is 0.746. The first-order valence-corrected chi connectivity index (χ1v) is 15.9. The maximum Gasteiger partial charge on any atom is 0.282 e. The van der Waals surface area contributed by atoms with Crippen molar-refractivity contribution >= 4 is 11.7 Å². The predicted octanol–water partition coefficient (Wildman–Crippen LogP) is 3.59. The Kier molecular flexibility index (Phi) is 11.9. The zero-order chi connectivity index (χ0) is 31.9. The van der Waals surface area contributed by atoms with Gasteiger partial charge in [-0.1, -0.05) is 13.8 Å². The van der Waals surface area contributed by atoms with Crippen molar-refractivity contribution < 1.29 is 23.8 Å². The number of nitrogens with one attached hydrogen (secondary N) is 1. The minimum absolute atomic E-state index is 0.0488. The highest BCUT2D eigenvalue weighted by Gasteiger charge is 2.50. The van der Waals surface area contributed by atoms with Crippen molar-refractivity contribution in [1.29, 1.82) is 0 Å². The molecule has 244 valence electrons. The van der Waals surface area contributed by atoms with Crippen LogP contribution < -0.4 is 15.0 Å². The van der Waals surface area contributed by atoms with E-state index in [9.17, 15) is 14.3 Å². The van der Waals surface area contributed by atoms with Gasteiger partial charge < -0.3 is 29.7 Å². The third-order valence-electron chi connectivity index (χ3n) is 8.82. The van der Waals surface area contributed by atoms with E-state index in [1.807, 2.05) is 20.8 Å². The molecule has 12 heteroatoms. The van der Waals surface area contributed by atoms with Crippen LogP contribution in [0.25, 0.3) is 0 Å². The van der Waals surface area contributed by atoms with Crippen LogP contribution in [0.2, 0.25) is 0 Å². The summed E-state index contributed by atoms with van der Waals surface area (Å²) < 4.78 is 25.4. The zero-order valence-corrected chi connectivity index (χ0v) is 27.1. The molecule has 0 aliphatic carbocycles. The lowest BCUT2D eigenvalue weighted by Gasteiger charge is -2.53. The van der Waals surface area contributed by atoms with Gasteiger partial charge in [0.25, 0.3) is 11.8 Å². The van der Waals surface area contributed by atoms with Gasteiger partial charge >= 0.3 is 0 Å². The molecule has 1 aromatic heterocycles. The Labute approximate surface area is 261 Å². The number of ether oxygens (including phenoxy) is 2. The Morgan fingerprint density at radius 2 is 2.00 bits per heavy atom. The van der Waals surface area contributed by atoms with Gasteiger partial charge in [0, 0.05) is 63.9 Å². The van der Waals surface area contributed by atoms with Gasteiger partial charge in [0.2, 0.25) is 0 Å². The lowest BCUT2D eigenvalue weighted by Crippen LogP contribution is -2.62. The molecule has 2 fully saturated rings. The fraction of sp³-hybridized carbons (Fsp3) is 0.688. The number of rotatable bonds is 16. The number of carbonyl (C=O) groups is 1. The highest BCUT2D eigenvalue weighted by Crippen LogP contribution is 2.44. The first kappa shape index (κ1) is 34.0. The fourth-order valence-corrected chi connectivity index (χ4v) is 6.62. The third kappa shape index (κ3) is 8.21. The van der Waals surface area contributed by atoms with Gasteiger partial charge in [0.1, 0.15) is 17.9 Å². The second-order valence-corrected chi connectivity index (χ2v) is 12.9. The number of carbonyl (C=O) groups excluding carboxylic acids is 1.